The van der Waals surface area contributed by atoms with E-state index in [2.05, 4.69) is 15.1 Å². The maximum atomic E-state index is 9.12. The molecule has 0 aromatic carbocycles. The summed E-state index contributed by atoms with van der Waals surface area (Å²) in [4.78, 5) is 7.92. The summed E-state index contributed by atoms with van der Waals surface area (Å²) in [7, 11) is 0. The van der Waals surface area contributed by atoms with Crippen LogP contribution in [0.2, 0.25) is 0 Å². The summed E-state index contributed by atoms with van der Waals surface area (Å²) in [6.07, 6.45) is 1.51. The fraction of sp³-hybridized carbons (Fsp3) is 0.545. The average Bonchev–Trinajstić information content (AvgIpc) is 2.81. The predicted molar refractivity (Wildman–Crippen MR) is 64.7 cm³/mol. The number of aliphatic hydroxyl groups is 1. The van der Waals surface area contributed by atoms with Gasteiger partial charge in [-0.3, -0.25) is 0 Å². The third-order valence-corrected chi connectivity index (χ3v) is 2.75. The standard InChI is InChI=1S/C11H16N4O3/c1-3-7(4-16)17-6(2)8-9-10(18-15-8)11(12)14-5-13-9/h5-7,16H,3-4H2,1-2H3,(H2,12,13,14)/t6-,7+/m1/s1. The fourth-order valence-corrected chi connectivity index (χ4v) is 1.69. The van der Waals surface area contributed by atoms with Crippen molar-refractivity contribution in [2.24, 2.45) is 0 Å². The lowest BCUT2D eigenvalue weighted by atomic mass is 10.2. The molecule has 0 amide bonds. The van der Waals surface area contributed by atoms with E-state index in [-0.39, 0.29) is 24.6 Å². The van der Waals surface area contributed by atoms with Crippen LogP contribution in [0.1, 0.15) is 32.1 Å². The molecular formula is C11H16N4O3. The van der Waals surface area contributed by atoms with Gasteiger partial charge in [-0.25, -0.2) is 9.97 Å². The number of fused-ring (bicyclic) bond motifs is 1. The van der Waals surface area contributed by atoms with Gasteiger partial charge in [0.25, 0.3) is 0 Å². The predicted octanol–water partition coefficient (Wildman–Crippen LogP) is 1.05. The number of nitrogens with two attached hydrogens (primary N) is 1. The van der Waals surface area contributed by atoms with Crippen LogP contribution >= 0.6 is 0 Å². The molecule has 2 aromatic rings. The number of nitrogen functional groups attached to an aromatic ring is 1. The first-order chi connectivity index (χ1) is 8.67. The Balaban J connectivity index is 2.28. The van der Waals surface area contributed by atoms with Crippen molar-refractivity contribution >= 4 is 16.9 Å². The smallest absolute Gasteiger partial charge is 0.227 e. The molecule has 2 rings (SSSR count). The van der Waals surface area contributed by atoms with Crippen LogP contribution in [0.15, 0.2) is 10.9 Å². The second-order valence-electron chi connectivity index (χ2n) is 4.00. The van der Waals surface area contributed by atoms with Crippen LogP contribution < -0.4 is 5.73 Å². The van der Waals surface area contributed by atoms with E-state index in [0.29, 0.717) is 23.2 Å². The molecule has 98 valence electrons. The van der Waals surface area contributed by atoms with Crippen molar-refractivity contribution in [1.29, 1.82) is 0 Å². The first-order valence-electron chi connectivity index (χ1n) is 5.79. The summed E-state index contributed by atoms with van der Waals surface area (Å²) in [5.74, 6) is 0.250. The fourth-order valence-electron chi connectivity index (χ4n) is 1.69. The van der Waals surface area contributed by atoms with Gasteiger partial charge in [0.05, 0.1) is 12.7 Å². The van der Waals surface area contributed by atoms with Gasteiger partial charge in [-0.15, -0.1) is 0 Å². The topological polar surface area (TPSA) is 107 Å². The zero-order valence-electron chi connectivity index (χ0n) is 10.3. The number of nitrogens with zero attached hydrogens (tertiary/aromatic N) is 3. The third kappa shape index (κ3) is 2.27. The highest BCUT2D eigenvalue weighted by Gasteiger charge is 2.21. The second kappa shape index (κ2) is 5.28. The molecule has 2 heterocycles. The molecular weight excluding hydrogens is 236 g/mol. The molecule has 0 saturated carbocycles. The normalized spacial score (nSPS) is 14.8. The quantitative estimate of drug-likeness (QED) is 0.818. The lowest BCUT2D eigenvalue weighted by Gasteiger charge is -2.17. The zero-order valence-corrected chi connectivity index (χ0v) is 10.3. The van der Waals surface area contributed by atoms with Gasteiger partial charge < -0.3 is 20.1 Å². The van der Waals surface area contributed by atoms with Crippen LogP contribution in [-0.4, -0.2) is 32.9 Å². The number of hydrogen-bond acceptors (Lipinski definition) is 7. The number of ether oxygens (including phenoxy) is 1. The summed E-state index contributed by atoms with van der Waals surface area (Å²) in [5, 5.41) is 13.0. The highest BCUT2D eigenvalue weighted by atomic mass is 16.5. The van der Waals surface area contributed by atoms with Crippen LogP contribution in [-0.2, 0) is 4.74 Å². The maximum Gasteiger partial charge on any atom is 0.227 e. The van der Waals surface area contributed by atoms with Crippen LogP contribution in [0.25, 0.3) is 11.1 Å². The molecule has 0 saturated heterocycles. The van der Waals surface area contributed by atoms with Gasteiger partial charge in [0.15, 0.2) is 5.82 Å². The minimum atomic E-state index is -0.336. The Labute approximate surface area is 104 Å². The van der Waals surface area contributed by atoms with Gasteiger partial charge in [-0.1, -0.05) is 12.1 Å². The first-order valence-corrected chi connectivity index (χ1v) is 5.79. The highest BCUT2D eigenvalue weighted by Crippen LogP contribution is 2.27. The molecule has 0 bridgehead atoms. The van der Waals surface area contributed by atoms with Crippen molar-refractivity contribution in [2.75, 3.05) is 12.3 Å². The van der Waals surface area contributed by atoms with E-state index in [1.807, 2.05) is 13.8 Å². The van der Waals surface area contributed by atoms with E-state index >= 15 is 0 Å². The van der Waals surface area contributed by atoms with Gasteiger partial charge in [0.2, 0.25) is 5.58 Å². The van der Waals surface area contributed by atoms with Crippen molar-refractivity contribution < 1.29 is 14.4 Å². The molecule has 0 fully saturated rings. The van der Waals surface area contributed by atoms with E-state index < -0.39 is 0 Å². The Morgan fingerprint density at radius 1 is 1.50 bits per heavy atom. The van der Waals surface area contributed by atoms with Gasteiger partial charge in [-0.2, -0.15) is 0 Å². The van der Waals surface area contributed by atoms with Crippen molar-refractivity contribution in [1.82, 2.24) is 15.1 Å². The molecule has 2 atom stereocenters. The molecule has 0 aliphatic rings. The van der Waals surface area contributed by atoms with Crippen LogP contribution in [0.3, 0.4) is 0 Å². The van der Waals surface area contributed by atoms with Crippen LogP contribution in [0.4, 0.5) is 5.82 Å². The van der Waals surface area contributed by atoms with Gasteiger partial charge in [0, 0.05) is 0 Å². The SMILES string of the molecule is CC[C@@H](CO)O[C@H](C)c1noc2c(N)ncnc12. The number of aromatic nitrogens is 3. The average molecular weight is 252 g/mol. The number of anilines is 1. The van der Waals surface area contributed by atoms with E-state index in [1.165, 1.54) is 6.33 Å². The summed E-state index contributed by atoms with van der Waals surface area (Å²) in [6, 6.07) is 0. The number of aliphatic hydroxyl groups excluding tert-OH is 1. The molecule has 3 N–H and O–H groups in total. The van der Waals surface area contributed by atoms with E-state index in [1.54, 1.807) is 0 Å². The summed E-state index contributed by atoms with van der Waals surface area (Å²) >= 11 is 0. The van der Waals surface area contributed by atoms with Crippen molar-refractivity contribution in [3.8, 4) is 0 Å². The van der Waals surface area contributed by atoms with Gasteiger partial charge >= 0.3 is 0 Å². The molecule has 0 spiro atoms. The van der Waals surface area contributed by atoms with Crippen molar-refractivity contribution in [3.05, 3.63) is 12.0 Å². The lowest BCUT2D eigenvalue weighted by Crippen LogP contribution is -2.18. The molecule has 7 nitrogen and oxygen atoms in total. The van der Waals surface area contributed by atoms with E-state index in [0.717, 1.165) is 0 Å². The second-order valence-corrected chi connectivity index (χ2v) is 4.00. The molecule has 7 heteroatoms. The largest absolute Gasteiger partial charge is 0.394 e. The zero-order chi connectivity index (χ0) is 13.1. The van der Waals surface area contributed by atoms with Gasteiger partial charge in [0.1, 0.15) is 23.6 Å². The monoisotopic (exact) mass is 252 g/mol. The summed E-state index contributed by atoms with van der Waals surface area (Å²) < 4.78 is 10.8. The third-order valence-electron chi connectivity index (χ3n) is 2.75. The van der Waals surface area contributed by atoms with Crippen LogP contribution in [0.5, 0.6) is 0 Å². The molecule has 0 unspecified atom stereocenters. The Kier molecular flexibility index (Phi) is 3.73. The van der Waals surface area contributed by atoms with Gasteiger partial charge in [-0.05, 0) is 13.3 Å². The van der Waals surface area contributed by atoms with Crippen LogP contribution in [0, 0.1) is 0 Å². The molecule has 18 heavy (non-hydrogen) atoms. The first kappa shape index (κ1) is 12.7. The van der Waals surface area contributed by atoms with E-state index in [9.17, 15) is 0 Å². The number of rotatable bonds is 5. The minimum absolute atomic E-state index is 0.0340. The summed E-state index contributed by atoms with van der Waals surface area (Å²) in [5.41, 5.74) is 7.12. The van der Waals surface area contributed by atoms with E-state index in [4.69, 9.17) is 20.1 Å². The Bertz CT molecular complexity index is 524. The summed E-state index contributed by atoms with van der Waals surface area (Å²) in [6.45, 7) is 3.73. The molecule has 0 radical (unpaired) electrons. The molecule has 0 aliphatic heterocycles. The van der Waals surface area contributed by atoms with Crippen molar-refractivity contribution in [3.63, 3.8) is 0 Å². The number of hydrogen-bond donors (Lipinski definition) is 2. The molecule has 2 aromatic heterocycles. The van der Waals surface area contributed by atoms with Crippen molar-refractivity contribution in [2.45, 2.75) is 32.5 Å². The Hall–Kier alpha value is -1.73. The minimum Gasteiger partial charge on any atom is -0.394 e. The maximum absolute atomic E-state index is 9.12. The Morgan fingerprint density at radius 3 is 2.94 bits per heavy atom. The Morgan fingerprint density at radius 2 is 2.28 bits per heavy atom. The highest BCUT2D eigenvalue weighted by molar-refractivity contribution is 5.83. The molecule has 0 aliphatic carbocycles. The lowest BCUT2D eigenvalue weighted by molar-refractivity contribution is -0.0361.